The first-order valence-electron chi connectivity index (χ1n) is 1.000. The molecule has 0 aromatic carbocycles. The molecular formula is C3H6K2. The van der Waals surface area contributed by atoms with Crippen LogP contribution in [-0.4, -0.2) is 0 Å². The van der Waals surface area contributed by atoms with Gasteiger partial charge in [0.25, 0.3) is 0 Å². The molecule has 0 aliphatic heterocycles. The van der Waals surface area contributed by atoms with Gasteiger partial charge in [0, 0.05) is 0 Å². The van der Waals surface area contributed by atoms with Gasteiger partial charge < -0.3 is 20.3 Å². The molecule has 0 saturated carbocycles. The van der Waals surface area contributed by atoms with Crippen molar-refractivity contribution in [2.45, 2.75) is 6.42 Å². The second-order valence-corrected chi connectivity index (χ2v) is 0.354. The van der Waals surface area contributed by atoms with Gasteiger partial charge in [-0.3, -0.25) is 0 Å². The molecule has 0 unspecified atom stereocenters. The minimum Gasteiger partial charge on any atom is -0.372 e. The normalized spacial score (nSPS) is 3.60. The molecule has 0 aliphatic rings. The Morgan fingerprint density at radius 3 is 1.00 bits per heavy atom. The van der Waals surface area contributed by atoms with Crippen LogP contribution in [0.15, 0.2) is 0 Å². The van der Waals surface area contributed by atoms with Crippen LogP contribution >= 0.6 is 0 Å². The summed E-state index contributed by atoms with van der Waals surface area (Å²) in [5.74, 6) is 0. The average molecular weight is 120 g/mol. The third-order valence-electron chi connectivity index (χ3n) is 0. The minimum atomic E-state index is 0. The van der Waals surface area contributed by atoms with Gasteiger partial charge in [-0.25, -0.2) is 0 Å². The summed E-state index contributed by atoms with van der Waals surface area (Å²) in [5.41, 5.74) is 0. The van der Waals surface area contributed by atoms with Crippen molar-refractivity contribution in [2.24, 2.45) is 0 Å². The van der Waals surface area contributed by atoms with E-state index in [2.05, 4.69) is 13.8 Å². The maximum Gasteiger partial charge on any atom is 1.00 e. The van der Waals surface area contributed by atoms with Gasteiger partial charge in [0.15, 0.2) is 0 Å². The first kappa shape index (κ1) is 15.7. The molecule has 0 heterocycles. The summed E-state index contributed by atoms with van der Waals surface area (Å²) in [6.07, 6.45) is 0.750. The predicted octanol–water partition coefficient (Wildman–Crippen LogP) is -4.95. The third-order valence-corrected chi connectivity index (χ3v) is 0. The largest absolute Gasteiger partial charge is 1.00 e. The first-order valence-corrected chi connectivity index (χ1v) is 1.000. The molecule has 0 atom stereocenters. The van der Waals surface area contributed by atoms with E-state index in [-0.39, 0.29) is 103 Å². The van der Waals surface area contributed by atoms with Gasteiger partial charge >= 0.3 is 103 Å². The van der Waals surface area contributed by atoms with Gasteiger partial charge in [-0.2, -0.15) is 0 Å². The monoisotopic (exact) mass is 120 g/mol. The zero-order valence-electron chi connectivity index (χ0n) is 4.12. The van der Waals surface area contributed by atoms with Gasteiger partial charge in [0.05, 0.1) is 0 Å². The molecule has 0 bridgehead atoms. The van der Waals surface area contributed by atoms with E-state index >= 15 is 0 Å². The minimum absolute atomic E-state index is 0. The van der Waals surface area contributed by atoms with E-state index in [0.29, 0.717) is 0 Å². The van der Waals surface area contributed by atoms with E-state index < -0.39 is 0 Å². The van der Waals surface area contributed by atoms with E-state index in [1.165, 1.54) is 0 Å². The quantitative estimate of drug-likeness (QED) is 0.222. The van der Waals surface area contributed by atoms with Crippen molar-refractivity contribution < 1.29 is 103 Å². The Morgan fingerprint density at radius 1 is 1.00 bits per heavy atom. The molecule has 0 N–H and O–H groups in total. The molecule has 0 aromatic heterocycles. The second kappa shape index (κ2) is 15.7. The van der Waals surface area contributed by atoms with Crippen molar-refractivity contribution >= 4 is 0 Å². The van der Waals surface area contributed by atoms with E-state index in [1.807, 2.05) is 0 Å². The molecule has 0 spiro atoms. The number of rotatable bonds is 0. The zero-order chi connectivity index (χ0) is 2.71. The summed E-state index contributed by atoms with van der Waals surface area (Å²) >= 11 is 0. The Labute approximate surface area is 119 Å². The Morgan fingerprint density at radius 2 is 1.00 bits per heavy atom. The maximum atomic E-state index is 3.38. The Bertz CT molecular complexity index is 4.85. The standard InChI is InChI=1S/C3H6.2K/c1-3-2;;/h1-3H2;;/q-2;2*+1. The fourth-order valence-corrected chi connectivity index (χ4v) is 0. The van der Waals surface area contributed by atoms with Crippen LogP contribution in [0.3, 0.4) is 0 Å². The fourth-order valence-electron chi connectivity index (χ4n) is 0. The summed E-state index contributed by atoms with van der Waals surface area (Å²) in [6.45, 7) is 6.75. The molecule has 0 radical (unpaired) electrons. The van der Waals surface area contributed by atoms with Gasteiger partial charge in [-0.05, 0) is 0 Å². The van der Waals surface area contributed by atoms with Crippen LogP contribution in [0.2, 0.25) is 0 Å². The molecule has 0 aliphatic carbocycles. The molecule has 0 amide bonds. The van der Waals surface area contributed by atoms with E-state index in [9.17, 15) is 0 Å². The smallest absolute Gasteiger partial charge is 0.372 e. The predicted molar refractivity (Wildman–Crippen MR) is 15.3 cm³/mol. The van der Waals surface area contributed by atoms with Gasteiger partial charge in [-0.15, -0.1) is 0 Å². The molecule has 5 heavy (non-hydrogen) atoms. The van der Waals surface area contributed by atoms with Crippen LogP contribution in [0.4, 0.5) is 0 Å². The fraction of sp³-hybridized carbons (Fsp3) is 0.333. The van der Waals surface area contributed by atoms with E-state index in [0.717, 1.165) is 6.42 Å². The van der Waals surface area contributed by atoms with Crippen molar-refractivity contribution in [2.75, 3.05) is 0 Å². The summed E-state index contributed by atoms with van der Waals surface area (Å²) in [4.78, 5) is 0. The van der Waals surface area contributed by atoms with Crippen LogP contribution in [0.1, 0.15) is 6.42 Å². The maximum absolute atomic E-state index is 3.38. The van der Waals surface area contributed by atoms with Crippen molar-refractivity contribution in [1.82, 2.24) is 0 Å². The molecule has 20 valence electrons. The third kappa shape index (κ3) is 18.9. The van der Waals surface area contributed by atoms with Crippen LogP contribution in [0, 0.1) is 13.8 Å². The molecule has 0 nitrogen and oxygen atoms in total. The number of hydrogen-bond donors (Lipinski definition) is 0. The van der Waals surface area contributed by atoms with Crippen molar-refractivity contribution in [3.05, 3.63) is 13.8 Å². The molecule has 0 rings (SSSR count). The van der Waals surface area contributed by atoms with Crippen LogP contribution in [0.25, 0.3) is 0 Å². The summed E-state index contributed by atoms with van der Waals surface area (Å²) < 4.78 is 0. The van der Waals surface area contributed by atoms with Crippen molar-refractivity contribution in [3.8, 4) is 0 Å². The Kier molecular flexibility index (Phi) is 49.3. The Balaban J connectivity index is -0.0000000200. The summed E-state index contributed by atoms with van der Waals surface area (Å²) in [7, 11) is 0. The average Bonchev–Trinajstić information content (AvgIpc) is 0.918. The molecule has 2 heteroatoms. The Hall–Kier alpha value is 3.27. The summed E-state index contributed by atoms with van der Waals surface area (Å²) in [6, 6.07) is 0. The second-order valence-electron chi connectivity index (χ2n) is 0.354. The first-order chi connectivity index (χ1) is 1.41. The topological polar surface area (TPSA) is 0 Å². The number of hydrogen-bond acceptors (Lipinski definition) is 0. The van der Waals surface area contributed by atoms with Crippen LogP contribution < -0.4 is 103 Å². The van der Waals surface area contributed by atoms with Crippen molar-refractivity contribution in [1.29, 1.82) is 0 Å². The van der Waals surface area contributed by atoms with Crippen LogP contribution in [-0.2, 0) is 0 Å². The van der Waals surface area contributed by atoms with Gasteiger partial charge in [0.1, 0.15) is 0 Å². The molecular weight excluding hydrogens is 114 g/mol. The van der Waals surface area contributed by atoms with E-state index in [1.54, 1.807) is 0 Å². The van der Waals surface area contributed by atoms with E-state index in [4.69, 9.17) is 0 Å². The van der Waals surface area contributed by atoms with Gasteiger partial charge in [-0.1, -0.05) is 0 Å². The van der Waals surface area contributed by atoms with Crippen molar-refractivity contribution in [3.63, 3.8) is 0 Å². The molecule has 0 saturated heterocycles. The van der Waals surface area contributed by atoms with Crippen LogP contribution in [0.5, 0.6) is 0 Å². The van der Waals surface area contributed by atoms with Gasteiger partial charge in [0.2, 0.25) is 0 Å². The zero-order valence-corrected chi connectivity index (χ0v) is 10.4. The SMILES string of the molecule is [CH2-]C[CH2-].[K+].[K+]. The summed E-state index contributed by atoms with van der Waals surface area (Å²) in [5, 5.41) is 0. The molecule has 0 aromatic rings. The molecule has 0 fully saturated rings.